The molecule has 2 amide bonds. The lowest BCUT2D eigenvalue weighted by Gasteiger charge is -2.34. The van der Waals surface area contributed by atoms with Crippen molar-refractivity contribution in [3.63, 3.8) is 0 Å². The van der Waals surface area contributed by atoms with E-state index in [1.54, 1.807) is 18.5 Å². The molecule has 3 fully saturated rings. The summed E-state index contributed by atoms with van der Waals surface area (Å²) in [6, 6.07) is 0.444. The monoisotopic (exact) mass is 643 g/mol. The van der Waals surface area contributed by atoms with Crippen molar-refractivity contribution in [2.75, 3.05) is 6.61 Å². The number of carbonyl (C=O) groups excluding carboxylic acids is 2. The molecule has 1 unspecified atom stereocenters. The molecule has 45 heavy (non-hydrogen) atoms. The number of nitrogens with zero attached hydrogens (tertiary/aromatic N) is 5. The van der Waals surface area contributed by atoms with Crippen LogP contribution in [0.4, 0.5) is 26.3 Å². The van der Waals surface area contributed by atoms with E-state index in [0.717, 1.165) is 12.8 Å². The zero-order chi connectivity index (χ0) is 31.9. The third-order valence-electron chi connectivity index (χ3n) is 8.64. The Morgan fingerprint density at radius 3 is 2.38 bits per heavy atom. The molecule has 3 aliphatic carbocycles. The van der Waals surface area contributed by atoms with Crippen LogP contribution < -0.4 is 15.4 Å². The first-order chi connectivity index (χ1) is 21.4. The molecule has 244 valence electrons. The molecule has 17 heteroatoms. The predicted octanol–water partition coefficient (Wildman–Crippen LogP) is 5.06. The van der Waals surface area contributed by atoms with Crippen LogP contribution in [0.2, 0.25) is 0 Å². The maximum Gasteiger partial charge on any atom is 0.289 e. The van der Waals surface area contributed by atoms with Crippen molar-refractivity contribution >= 4 is 17.5 Å². The Morgan fingerprint density at radius 2 is 1.71 bits per heavy atom. The second-order valence-electron chi connectivity index (χ2n) is 12.2. The fourth-order valence-electron chi connectivity index (χ4n) is 6.15. The number of aromatic nitrogens is 5. The van der Waals surface area contributed by atoms with Gasteiger partial charge in [0, 0.05) is 32.1 Å². The minimum absolute atomic E-state index is 0.0136. The lowest BCUT2D eigenvalue weighted by Crippen LogP contribution is -2.39. The van der Waals surface area contributed by atoms with Crippen LogP contribution in [0.25, 0.3) is 5.65 Å². The Labute approximate surface area is 252 Å². The number of carbonyl (C=O) groups is 2. The molecule has 3 aromatic heterocycles. The van der Waals surface area contributed by atoms with Gasteiger partial charge in [0.05, 0.1) is 30.2 Å². The normalized spacial score (nSPS) is 21.3. The second-order valence-corrected chi connectivity index (χ2v) is 12.2. The fourth-order valence-corrected chi connectivity index (χ4v) is 6.15. The first-order valence-electron chi connectivity index (χ1n) is 14.8. The summed E-state index contributed by atoms with van der Waals surface area (Å²) in [6.45, 7) is -1.05. The first kappa shape index (κ1) is 31.1. The van der Waals surface area contributed by atoms with Crippen LogP contribution >= 0.6 is 0 Å². The van der Waals surface area contributed by atoms with Crippen molar-refractivity contribution in [1.29, 1.82) is 0 Å². The first-order valence-corrected chi connectivity index (χ1v) is 14.8. The molecule has 11 nitrogen and oxygen atoms in total. The second kappa shape index (κ2) is 12.1. The van der Waals surface area contributed by atoms with E-state index in [1.165, 1.54) is 4.52 Å². The molecule has 0 aliphatic heterocycles. The maximum atomic E-state index is 14.0. The van der Waals surface area contributed by atoms with Gasteiger partial charge in [0.1, 0.15) is 0 Å². The largest absolute Gasteiger partial charge is 0.468 e. The topological polar surface area (TPSA) is 137 Å². The molecule has 2 atom stereocenters. The van der Waals surface area contributed by atoms with E-state index >= 15 is 0 Å². The third kappa shape index (κ3) is 7.32. The Kier molecular flexibility index (Phi) is 8.37. The minimum Gasteiger partial charge on any atom is -0.468 e. The van der Waals surface area contributed by atoms with Gasteiger partial charge in [-0.1, -0.05) is 0 Å². The highest BCUT2D eigenvalue weighted by Gasteiger charge is 2.46. The Morgan fingerprint density at radius 1 is 1.00 bits per heavy atom. The van der Waals surface area contributed by atoms with Crippen molar-refractivity contribution < 1.29 is 45.3 Å². The van der Waals surface area contributed by atoms with Gasteiger partial charge < -0.3 is 15.4 Å². The number of hydrogen-bond donors (Lipinski definition) is 2. The Balaban J connectivity index is 1.22. The number of amides is 2. The maximum absolute atomic E-state index is 14.0. The van der Waals surface area contributed by atoms with E-state index in [2.05, 4.69) is 35.7 Å². The molecule has 3 saturated carbocycles. The van der Waals surface area contributed by atoms with Gasteiger partial charge in [-0.25, -0.2) is 40.5 Å². The van der Waals surface area contributed by atoms with Gasteiger partial charge in [0.2, 0.25) is 23.4 Å². The zero-order valence-corrected chi connectivity index (χ0v) is 23.9. The lowest BCUT2D eigenvalue weighted by molar-refractivity contribution is -0.134. The Bertz CT molecular complexity index is 1530. The fraction of sp³-hybridized carbons (Fsp3) is 0.643. The molecule has 3 aliphatic rings. The minimum atomic E-state index is -2.84. The number of hydrogen-bond acceptors (Lipinski definition) is 8. The van der Waals surface area contributed by atoms with E-state index in [0.29, 0.717) is 16.9 Å². The number of alkyl halides is 6. The third-order valence-corrected chi connectivity index (χ3v) is 8.64. The summed E-state index contributed by atoms with van der Waals surface area (Å²) in [5.41, 5.74) is 0.861. The summed E-state index contributed by atoms with van der Waals surface area (Å²) in [5, 5.41) is 16.9. The number of nitrogens with one attached hydrogen (secondary N) is 2. The molecular formula is C28H31F6N7O4. The molecule has 0 spiro atoms. The molecule has 2 N–H and O–H groups in total. The average Bonchev–Trinajstić information content (AvgIpc) is 3.53. The van der Waals surface area contributed by atoms with E-state index in [-0.39, 0.29) is 49.8 Å². The van der Waals surface area contributed by atoms with Crippen molar-refractivity contribution in [3.05, 3.63) is 35.4 Å². The van der Waals surface area contributed by atoms with Crippen molar-refractivity contribution in [3.8, 4) is 5.88 Å². The van der Waals surface area contributed by atoms with Gasteiger partial charge in [-0.3, -0.25) is 9.59 Å². The smallest absolute Gasteiger partial charge is 0.289 e. The van der Waals surface area contributed by atoms with Crippen molar-refractivity contribution in [2.24, 2.45) is 17.8 Å². The highest BCUT2D eigenvalue weighted by molar-refractivity contribution is 5.94. The molecule has 0 aromatic carbocycles. The summed E-state index contributed by atoms with van der Waals surface area (Å²) in [4.78, 5) is 30.5. The highest BCUT2D eigenvalue weighted by atomic mass is 19.3. The van der Waals surface area contributed by atoms with Gasteiger partial charge in [-0.05, 0) is 65.4 Å². The summed E-state index contributed by atoms with van der Waals surface area (Å²) in [7, 11) is 0. The van der Waals surface area contributed by atoms with Crippen LogP contribution in [0.1, 0.15) is 91.6 Å². The summed E-state index contributed by atoms with van der Waals surface area (Å²) in [5.74, 6) is -7.94. The summed E-state index contributed by atoms with van der Waals surface area (Å²) >= 11 is 0. The summed E-state index contributed by atoms with van der Waals surface area (Å²) in [6.07, 6.45) is 0.791. The van der Waals surface area contributed by atoms with Crippen LogP contribution in [0, 0.1) is 17.8 Å². The van der Waals surface area contributed by atoms with Gasteiger partial charge in [0.15, 0.2) is 12.3 Å². The van der Waals surface area contributed by atoms with Crippen LogP contribution in [-0.2, 0) is 4.79 Å². The van der Waals surface area contributed by atoms with Gasteiger partial charge >= 0.3 is 0 Å². The van der Waals surface area contributed by atoms with Gasteiger partial charge in [-0.2, -0.15) is 5.10 Å². The lowest BCUT2D eigenvalue weighted by atomic mass is 9.79. The number of imidazole rings is 1. The zero-order valence-electron chi connectivity index (χ0n) is 23.9. The van der Waals surface area contributed by atoms with E-state index in [4.69, 9.17) is 4.74 Å². The molecule has 3 aromatic rings. The molecular weight excluding hydrogens is 612 g/mol. The van der Waals surface area contributed by atoms with Crippen molar-refractivity contribution in [1.82, 2.24) is 35.5 Å². The molecule has 0 bridgehead atoms. The van der Waals surface area contributed by atoms with Crippen LogP contribution in [0.15, 0.2) is 23.1 Å². The number of fused-ring (bicyclic) bond motifs is 1. The predicted molar refractivity (Wildman–Crippen MR) is 142 cm³/mol. The number of ether oxygens (including phenoxy) is 1. The average molecular weight is 644 g/mol. The van der Waals surface area contributed by atoms with Gasteiger partial charge in [0.25, 0.3) is 18.2 Å². The Hall–Kier alpha value is -3.92. The van der Waals surface area contributed by atoms with E-state index in [9.17, 15) is 35.9 Å². The number of rotatable bonds is 12. The molecule has 6 rings (SSSR count). The number of halogens is 6. The SMILES string of the molecule is O=C(CC1CC(F)(F)C1)N[C@@H](c1cnn2cc(C(NC(=O)c3nonc3OCC(F)F)C3CCC(F)(F)CC3)nc2c1)C1CC1. The summed E-state index contributed by atoms with van der Waals surface area (Å²) < 4.78 is 90.6. The standard InChI is InChI=1S/C28H31F6N7O4/c29-19(30)13-44-26-24(39-45-40-26)25(43)38-23(16-3-5-27(31,32)6-4-16)18-12-41-20(36-18)8-17(11-35-41)22(15-1-2-15)37-21(42)7-14-9-28(33,34)10-14/h8,11-12,14-16,19,22-23H,1-7,9-10,13H2,(H,37,42)(H,38,43)/t22-,23?/m1/s1. The quantitative estimate of drug-likeness (QED) is 0.262. The molecule has 0 saturated heterocycles. The highest BCUT2D eigenvalue weighted by Crippen LogP contribution is 2.45. The van der Waals surface area contributed by atoms with Crippen molar-refractivity contribution in [2.45, 2.75) is 88.1 Å². The van der Waals surface area contributed by atoms with Crippen LogP contribution in [0.3, 0.4) is 0 Å². The van der Waals surface area contributed by atoms with E-state index in [1.807, 2.05) is 0 Å². The van der Waals surface area contributed by atoms with Crippen LogP contribution in [-0.4, -0.2) is 61.6 Å². The molecule has 0 radical (unpaired) electrons. The van der Waals surface area contributed by atoms with Crippen LogP contribution in [0.5, 0.6) is 5.88 Å². The van der Waals surface area contributed by atoms with E-state index < -0.39 is 73.2 Å². The van der Waals surface area contributed by atoms with Gasteiger partial charge in [-0.15, -0.1) is 0 Å². The molecule has 3 heterocycles.